The van der Waals surface area contributed by atoms with Gasteiger partial charge in [0.25, 0.3) is 5.91 Å². The second kappa shape index (κ2) is 5.93. The number of anilines is 1. The second-order valence-electron chi connectivity index (χ2n) is 4.79. The van der Waals surface area contributed by atoms with Crippen molar-refractivity contribution >= 4 is 22.9 Å². The number of amides is 1. The summed E-state index contributed by atoms with van der Waals surface area (Å²) in [5.41, 5.74) is 2.90. The number of nitrogens with zero attached hydrogens (tertiary/aromatic N) is 2. The fourth-order valence-electron chi connectivity index (χ4n) is 2.12. The summed E-state index contributed by atoms with van der Waals surface area (Å²) in [6, 6.07) is 11.7. The van der Waals surface area contributed by atoms with Crippen LogP contribution in [0.25, 0.3) is 0 Å². The summed E-state index contributed by atoms with van der Waals surface area (Å²) in [6.45, 7) is 2.63. The van der Waals surface area contributed by atoms with Gasteiger partial charge in [0.2, 0.25) is 0 Å². The molecule has 0 aliphatic carbocycles. The predicted molar refractivity (Wildman–Crippen MR) is 84.8 cm³/mol. The molecule has 0 spiro atoms. The molecule has 0 saturated heterocycles. The first-order valence-electron chi connectivity index (χ1n) is 6.64. The highest BCUT2D eigenvalue weighted by Crippen LogP contribution is 2.18. The topological polar surface area (TPSA) is 46.9 Å². The lowest BCUT2D eigenvalue weighted by molar-refractivity contribution is 0.103. The van der Waals surface area contributed by atoms with Gasteiger partial charge >= 0.3 is 0 Å². The first kappa shape index (κ1) is 13.6. The second-order valence-corrected chi connectivity index (χ2v) is 5.71. The van der Waals surface area contributed by atoms with E-state index in [1.165, 1.54) is 11.3 Å². The number of carbonyl (C=O) groups is 1. The fourth-order valence-corrected chi connectivity index (χ4v) is 2.94. The Morgan fingerprint density at radius 1 is 1.33 bits per heavy atom. The number of hydrogen-bond donors (Lipinski definition) is 1. The fraction of sp³-hybridized carbons (Fsp3) is 0.125. The van der Waals surface area contributed by atoms with E-state index in [2.05, 4.69) is 10.4 Å². The molecule has 106 valence electrons. The van der Waals surface area contributed by atoms with E-state index in [0.717, 1.165) is 21.7 Å². The van der Waals surface area contributed by atoms with Crippen LogP contribution in [0.5, 0.6) is 0 Å². The third-order valence-corrected chi connectivity index (χ3v) is 4.17. The van der Waals surface area contributed by atoms with Gasteiger partial charge in [0, 0.05) is 18.1 Å². The molecular weight excluding hydrogens is 282 g/mol. The summed E-state index contributed by atoms with van der Waals surface area (Å²) in [5, 5.41) is 9.06. The molecule has 1 N–H and O–H groups in total. The molecule has 1 aromatic carbocycles. The number of thiophene rings is 1. The van der Waals surface area contributed by atoms with Gasteiger partial charge in [-0.2, -0.15) is 5.10 Å². The zero-order valence-corrected chi connectivity index (χ0v) is 12.4. The lowest BCUT2D eigenvalue weighted by Crippen LogP contribution is -2.11. The van der Waals surface area contributed by atoms with Crippen LogP contribution in [-0.4, -0.2) is 15.7 Å². The molecule has 5 heteroatoms. The monoisotopic (exact) mass is 297 g/mol. The van der Waals surface area contributed by atoms with Crippen molar-refractivity contribution in [2.45, 2.75) is 13.5 Å². The average molecular weight is 297 g/mol. The summed E-state index contributed by atoms with van der Waals surface area (Å²) < 4.78 is 1.85. The zero-order chi connectivity index (χ0) is 14.7. The number of rotatable bonds is 4. The number of nitrogens with one attached hydrogen (secondary N) is 1. The molecule has 0 bridgehead atoms. The Bertz CT molecular complexity index is 746. The Balaban J connectivity index is 1.74. The van der Waals surface area contributed by atoms with Gasteiger partial charge in [0.15, 0.2) is 0 Å². The van der Waals surface area contributed by atoms with Gasteiger partial charge in [0.1, 0.15) is 0 Å². The summed E-state index contributed by atoms with van der Waals surface area (Å²) in [6.07, 6.45) is 3.67. The van der Waals surface area contributed by atoms with Crippen LogP contribution in [0.3, 0.4) is 0 Å². The van der Waals surface area contributed by atoms with Crippen LogP contribution in [0.2, 0.25) is 0 Å². The molecule has 0 atom stereocenters. The smallest absolute Gasteiger partial charge is 0.265 e. The number of benzene rings is 1. The Morgan fingerprint density at radius 2 is 2.24 bits per heavy atom. The van der Waals surface area contributed by atoms with Crippen molar-refractivity contribution in [2.75, 3.05) is 5.32 Å². The van der Waals surface area contributed by atoms with Crippen molar-refractivity contribution in [3.05, 3.63) is 70.2 Å². The van der Waals surface area contributed by atoms with Crippen molar-refractivity contribution in [3.63, 3.8) is 0 Å². The van der Waals surface area contributed by atoms with E-state index in [1.807, 2.05) is 59.6 Å². The maximum Gasteiger partial charge on any atom is 0.265 e. The minimum Gasteiger partial charge on any atom is -0.321 e. The molecule has 0 saturated carbocycles. The van der Waals surface area contributed by atoms with Crippen molar-refractivity contribution in [1.82, 2.24) is 9.78 Å². The summed E-state index contributed by atoms with van der Waals surface area (Å²) >= 11 is 1.46. The van der Waals surface area contributed by atoms with E-state index in [-0.39, 0.29) is 5.91 Å². The molecule has 4 nitrogen and oxygen atoms in total. The van der Waals surface area contributed by atoms with Crippen LogP contribution in [0.1, 0.15) is 20.8 Å². The average Bonchev–Trinajstić information content (AvgIpc) is 3.10. The van der Waals surface area contributed by atoms with E-state index < -0.39 is 0 Å². The highest BCUT2D eigenvalue weighted by atomic mass is 32.1. The highest BCUT2D eigenvalue weighted by Gasteiger charge is 2.10. The molecule has 1 amide bonds. The van der Waals surface area contributed by atoms with Gasteiger partial charge in [-0.1, -0.05) is 12.1 Å². The first-order valence-corrected chi connectivity index (χ1v) is 7.52. The quantitative estimate of drug-likeness (QED) is 0.800. The molecule has 0 unspecified atom stereocenters. The van der Waals surface area contributed by atoms with Crippen LogP contribution in [0, 0.1) is 6.92 Å². The number of carbonyl (C=O) groups excluding carboxylic acids is 1. The largest absolute Gasteiger partial charge is 0.321 e. The van der Waals surface area contributed by atoms with Crippen molar-refractivity contribution in [2.24, 2.45) is 0 Å². The molecule has 0 fully saturated rings. The SMILES string of the molecule is Cc1ccsc1C(=O)Nc1cccc(Cn2cccn2)c1. The Hall–Kier alpha value is -2.40. The lowest BCUT2D eigenvalue weighted by atomic mass is 10.2. The van der Waals surface area contributed by atoms with Gasteiger partial charge < -0.3 is 5.32 Å². The summed E-state index contributed by atoms with van der Waals surface area (Å²) in [7, 11) is 0. The van der Waals surface area contributed by atoms with E-state index >= 15 is 0 Å². The Labute approximate surface area is 127 Å². The molecular formula is C16H15N3OS. The first-order chi connectivity index (χ1) is 10.2. The van der Waals surface area contributed by atoms with Crippen LogP contribution >= 0.6 is 11.3 Å². The van der Waals surface area contributed by atoms with E-state index in [4.69, 9.17) is 0 Å². The minimum absolute atomic E-state index is 0.0567. The van der Waals surface area contributed by atoms with Crippen molar-refractivity contribution in [3.8, 4) is 0 Å². The van der Waals surface area contributed by atoms with Gasteiger partial charge in [-0.15, -0.1) is 11.3 Å². The molecule has 0 radical (unpaired) electrons. The molecule has 3 rings (SSSR count). The van der Waals surface area contributed by atoms with Crippen LogP contribution < -0.4 is 5.32 Å². The maximum atomic E-state index is 12.2. The maximum absolute atomic E-state index is 12.2. The van der Waals surface area contributed by atoms with Gasteiger partial charge in [0.05, 0.1) is 11.4 Å². The van der Waals surface area contributed by atoms with Crippen molar-refractivity contribution in [1.29, 1.82) is 0 Å². The van der Waals surface area contributed by atoms with Gasteiger partial charge in [-0.3, -0.25) is 9.48 Å². The highest BCUT2D eigenvalue weighted by molar-refractivity contribution is 7.12. The third kappa shape index (κ3) is 3.20. The van der Waals surface area contributed by atoms with E-state index in [9.17, 15) is 4.79 Å². The molecule has 0 aliphatic rings. The van der Waals surface area contributed by atoms with E-state index in [0.29, 0.717) is 6.54 Å². The zero-order valence-electron chi connectivity index (χ0n) is 11.6. The predicted octanol–water partition coefficient (Wildman–Crippen LogP) is 3.55. The van der Waals surface area contributed by atoms with Crippen LogP contribution in [0.15, 0.2) is 54.2 Å². The Kier molecular flexibility index (Phi) is 3.83. The Morgan fingerprint density at radius 3 is 2.95 bits per heavy atom. The third-order valence-electron chi connectivity index (χ3n) is 3.16. The molecule has 3 aromatic rings. The molecule has 21 heavy (non-hydrogen) atoms. The standard InChI is InChI=1S/C16H15N3OS/c1-12-6-9-21-15(12)16(20)18-14-5-2-4-13(10-14)11-19-8-3-7-17-19/h2-10H,11H2,1H3,(H,18,20). The molecule has 2 heterocycles. The van der Waals surface area contributed by atoms with Crippen molar-refractivity contribution < 1.29 is 4.79 Å². The summed E-state index contributed by atoms with van der Waals surface area (Å²) in [4.78, 5) is 13.0. The van der Waals surface area contributed by atoms with Gasteiger partial charge in [-0.05, 0) is 47.7 Å². The lowest BCUT2D eigenvalue weighted by Gasteiger charge is -2.07. The van der Waals surface area contributed by atoms with E-state index in [1.54, 1.807) is 6.20 Å². The van der Waals surface area contributed by atoms with Gasteiger partial charge in [-0.25, -0.2) is 0 Å². The molecule has 2 aromatic heterocycles. The number of aryl methyl sites for hydroxylation is 1. The molecule has 0 aliphatic heterocycles. The minimum atomic E-state index is -0.0567. The van der Waals surface area contributed by atoms with Crippen LogP contribution in [0.4, 0.5) is 5.69 Å². The normalized spacial score (nSPS) is 10.5. The number of aromatic nitrogens is 2. The van der Waals surface area contributed by atoms with Crippen LogP contribution in [-0.2, 0) is 6.54 Å². The summed E-state index contributed by atoms with van der Waals surface area (Å²) in [5.74, 6) is -0.0567. The number of hydrogen-bond acceptors (Lipinski definition) is 3.